The Morgan fingerprint density at radius 3 is 2.50 bits per heavy atom. The number of nitriles is 1. The topological polar surface area (TPSA) is 68.5 Å². The zero-order chi connectivity index (χ0) is 23.1. The van der Waals surface area contributed by atoms with Gasteiger partial charge in [-0.2, -0.15) is 5.26 Å². The molecule has 3 aromatic rings. The van der Waals surface area contributed by atoms with Gasteiger partial charge in [-0.05, 0) is 72.2 Å². The standard InChI is InChI=1S/C25H19BrClNO4/c1-16-11-21(8-9-22(16)26)31-15-25(29)32-23-10-3-17(13-24(23)30-2)12-19(14-28)18-4-6-20(27)7-5-18/h3-13H,15H2,1-2H3/b19-12+. The summed E-state index contributed by atoms with van der Waals surface area (Å²) in [6.07, 6.45) is 1.72. The molecule has 0 amide bonds. The molecule has 3 rings (SSSR count). The third kappa shape index (κ3) is 6.13. The van der Waals surface area contributed by atoms with Gasteiger partial charge in [0.25, 0.3) is 0 Å². The molecule has 0 fully saturated rings. The Morgan fingerprint density at radius 1 is 1.09 bits per heavy atom. The predicted octanol–water partition coefficient (Wildman–Crippen LogP) is 6.47. The molecule has 0 aliphatic heterocycles. The molecule has 7 heteroatoms. The molecule has 32 heavy (non-hydrogen) atoms. The fraction of sp³-hybridized carbons (Fsp3) is 0.120. The highest BCUT2D eigenvalue weighted by Crippen LogP contribution is 2.30. The lowest BCUT2D eigenvalue weighted by molar-refractivity contribution is -0.136. The summed E-state index contributed by atoms with van der Waals surface area (Å²) < 4.78 is 17.2. The fourth-order valence-corrected chi connectivity index (χ4v) is 3.21. The lowest BCUT2D eigenvalue weighted by Crippen LogP contribution is -2.18. The number of benzene rings is 3. The molecule has 0 N–H and O–H groups in total. The van der Waals surface area contributed by atoms with Crippen molar-refractivity contribution in [3.63, 3.8) is 0 Å². The van der Waals surface area contributed by atoms with E-state index in [0.717, 1.165) is 21.2 Å². The zero-order valence-electron chi connectivity index (χ0n) is 17.4. The average molecular weight is 513 g/mol. The smallest absolute Gasteiger partial charge is 0.349 e. The molecule has 0 atom stereocenters. The average Bonchev–Trinajstić information content (AvgIpc) is 2.79. The molecule has 0 heterocycles. The number of allylic oxidation sites excluding steroid dienone is 1. The summed E-state index contributed by atoms with van der Waals surface area (Å²) in [7, 11) is 1.48. The fourth-order valence-electron chi connectivity index (χ4n) is 2.84. The quantitative estimate of drug-likeness (QED) is 0.157. The first-order chi connectivity index (χ1) is 15.4. The summed E-state index contributed by atoms with van der Waals surface area (Å²) >= 11 is 9.34. The van der Waals surface area contributed by atoms with Crippen LogP contribution in [0.15, 0.2) is 65.1 Å². The zero-order valence-corrected chi connectivity index (χ0v) is 19.7. The molecule has 0 radical (unpaired) electrons. The van der Waals surface area contributed by atoms with Crippen LogP contribution in [0.3, 0.4) is 0 Å². The van der Waals surface area contributed by atoms with Crippen LogP contribution in [0.4, 0.5) is 0 Å². The maximum absolute atomic E-state index is 12.2. The van der Waals surface area contributed by atoms with Gasteiger partial charge in [0.05, 0.1) is 18.8 Å². The van der Waals surface area contributed by atoms with E-state index in [9.17, 15) is 10.1 Å². The monoisotopic (exact) mass is 511 g/mol. The molecule has 5 nitrogen and oxygen atoms in total. The van der Waals surface area contributed by atoms with Crippen molar-refractivity contribution in [3.8, 4) is 23.3 Å². The Hall–Kier alpha value is -3.27. The molecule has 162 valence electrons. The molecule has 0 saturated heterocycles. The molecule has 0 spiro atoms. The van der Waals surface area contributed by atoms with E-state index in [1.807, 2.05) is 19.1 Å². The number of hydrogen-bond acceptors (Lipinski definition) is 5. The minimum Gasteiger partial charge on any atom is -0.493 e. The minimum atomic E-state index is -0.564. The Labute approximate surface area is 199 Å². The minimum absolute atomic E-state index is 0.249. The van der Waals surface area contributed by atoms with Crippen LogP contribution < -0.4 is 14.2 Å². The molecule has 0 saturated carbocycles. The van der Waals surface area contributed by atoms with E-state index < -0.39 is 5.97 Å². The van der Waals surface area contributed by atoms with Gasteiger partial charge in [-0.1, -0.05) is 45.7 Å². The van der Waals surface area contributed by atoms with Crippen molar-refractivity contribution in [2.45, 2.75) is 6.92 Å². The van der Waals surface area contributed by atoms with Crippen LogP contribution in [0, 0.1) is 18.3 Å². The SMILES string of the molecule is COc1cc(/C=C(\C#N)c2ccc(Cl)cc2)ccc1OC(=O)COc1ccc(Br)c(C)c1. The summed E-state index contributed by atoms with van der Waals surface area (Å²) in [5.74, 6) is 0.627. The van der Waals surface area contributed by atoms with Crippen LogP contribution >= 0.6 is 27.5 Å². The summed E-state index contributed by atoms with van der Waals surface area (Å²) in [6, 6.07) is 19.7. The van der Waals surface area contributed by atoms with Gasteiger partial charge in [0, 0.05) is 9.50 Å². The molecular formula is C25H19BrClNO4. The number of ether oxygens (including phenoxy) is 3. The number of halogens is 2. The molecule has 0 aromatic heterocycles. The van der Waals surface area contributed by atoms with E-state index in [0.29, 0.717) is 22.1 Å². The normalized spacial score (nSPS) is 10.9. The van der Waals surface area contributed by atoms with Crippen molar-refractivity contribution in [1.29, 1.82) is 5.26 Å². The van der Waals surface area contributed by atoms with Crippen molar-refractivity contribution in [1.82, 2.24) is 0 Å². The van der Waals surface area contributed by atoms with Crippen LogP contribution in [0.25, 0.3) is 11.6 Å². The third-order valence-electron chi connectivity index (χ3n) is 4.48. The third-order valence-corrected chi connectivity index (χ3v) is 5.63. The molecular weight excluding hydrogens is 494 g/mol. The van der Waals surface area contributed by atoms with Crippen molar-refractivity contribution in [3.05, 3.63) is 86.8 Å². The molecule has 3 aromatic carbocycles. The summed E-state index contributed by atoms with van der Waals surface area (Å²) in [6.45, 7) is 1.68. The van der Waals surface area contributed by atoms with E-state index in [1.54, 1.807) is 54.6 Å². The van der Waals surface area contributed by atoms with E-state index in [2.05, 4.69) is 22.0 Å². The molecule has 0 unspecified atom stereocenters. The lowest BCUT2D eigenvalue weighted by Gasteiger charge is -2.11. The van der Waals surface area contributed by atoms with Crippen molar-refractivity contribution in [2.24, 2.45) is 0 Å². The van der Waals surface area contributed by atoms with E-state index in [4.69, 9.17) is 25.8 Å². The Morgan fingerprint density at radius 2 is 1.84 bits per heavy atom. The van der Waals surface area contributed by atoms with Crippen LogP contribution in [-0.2, 0) is 4.79 Å². The first kappa shape index (κ1) is 23.4. The highest BCUT2D eigenvalue weighted by molar-refractivity contribution is 9.10. The second kappa shape index (κ2) is 10.9. The molecule has 0 aliphatic rings. The predicted molar refractivity (Wildman–Crippen MR) is 128 cm³/mol. The summed E-state index contributed by atoms with van der Waals surface area (Å²) in [5.41, 5.74) is 2.92. The number of aryl methyl sites for hydroxylation is 1. The van der Waals surface area contributed by atoms with Gasteiger partial charge < -0.3 is 14.2 Å². The number of carbonyl (C=O) groups excluding carboxylic acids is 1. The molecule has 0 aliphatic carbocycles. The van der Waals surface area contributed by atoms with E-state index in [-0.39, 0.29) is 12.4 Å². The highest BCUT2D eigenvalue weighted by Gasteiger charge is 2.12. The number of methoxy groups -OCH3 is 1. The first-order valence-electron chi connectivity index (χ1n) is 9.55. The lowest BCUT2D eigenvalue weighted by atomic mass is 10.0. The van der Waals surface area contributed by atoms with Crippen LogP contribution in [0.5, 0.6) is 17.2 Å². The Bertz CT molecular complexity index is 1200. The maximum Gasteiger partial charge on any atom is 0.349 e. The van der Waals surface area contributed by atoms with Gasteiger partial charge in [-0.15, -0.1) is 0 Å². The first-order valence-corrected chi connectivity index (χ1v) is 10.7. The van der Waals surface area contributed by atoms with Crippen LogP contribution in [-0.4, -0.2) is 19.7 Å². The van der Waals surface area contributed by atoms with Gasteiger partial charge in [0.15, 0.2) is 18.1 Å². The van der Waals surface area contributed by atoms with Gasteiger partial charge >= 0.3 is 5.97 Å². The Balaban J connectivity index is 1.71. The highest BCUT2D eigenvalue weighted by atomic mass is 79.9. The summed E-state index contributed by atoms with van der Waals surface area (Å²) in [5, 5.41) is 10.1. The van der Waals surface area contributed by atoms with Gasteiger partial charge in [0.2, 0.25) is 0 Å². The largest absolute Gasteiger partial charge is 0.493 e. The maximum atomic E-state index is 12.2. The van der Waals surface area contributed by atoms with Crippen molar-refractivity contribution < 1.29 is 19.0 Å². The Kier molecular flexibility index (Phi) is 7.93. The number of carbonyl (C=O) groups is 1. The van der Waals surface area contributed by atoms with Crippen LogP contribution in [0.2, 0.25) is 5.02 Å². The number of esters is 1. The van der Waals surface area contributed by atoms with Crippen molar-refractivity contribution in [2.75, 3.05) is 13.7 Å². The second-order valence-electron chi connectivity index (χ2n) is 6.76. The van der Waals surface area contributed by atoms with Crippen molar-refractivity contribution >= 4 is 45.1 Å². The van der Waals surface area contributed by atoms with Gasteiger partial charge in [-0.25, -0.2) is 4.79 Å². The number of rotatable bonds is 7. The van der Waals surface area contributed by atoms with Crippen LogP contribution in [0.1, 0.15) is 16.7 Å². The number of hydrogen-bond donors (Lipinski definition) is 0. The van der Waals surface area contributed by atoms with Gasteiger partial charge in [0.1, 0.15) is 5.75 Å². The van der Waals surface area contributed by atoms with E-state index >= 15 is 0 Å². The summed E-state index contributed by atoms with van der Waals surface area (Å²) in [4.78, 5) is 12.2. The number of nitrogens with zero attached hydrogens (tertiary/aromatic N) is 1. The second-order valence-corrected chi connectivity index (χ2v) is 8.05. The van der Waals surface area contributed by atoms with E-state index in [1.165, 1.54) is 7.11 Å². The van der Waals surface area contributed by atoms with Gasteiger partial charge in [-0.3, -0.25) is 0 Å². The molecule has 0 bridgehead atoms.